The Kier molecular flexibility index (Phi) is 5.23. The van der Waals surface area contributed by atoms with Gasteiger partial charge in [-0.2, -0.15) is 5.06 Å². The summed E-state index contributed by atoms with van der Waals surface area (Å²) in [6.07, 6.45) is 2.85. The molecular formula is C14H21NO. The summed E-state index contributed by atoms with van der Waals surface area (Å²) < 4.78 is 0. The maximum atomic E-state index is 10.0. The van der Waals surface area contributed by atoms with Crippen LogP contribution in [0.1, 0.15) is 25.8 Å². The standard InChI is InChI=1S/C14H21NO/c1-4-12(3)14(5-2)15(16)11-13-9-7-6-8-10-13/h5-10,12,14,16H,2,4,11H2,1,3H3. The Hall–Kier alpha value is -1.12. The maximum absolute atomic E-state index is 10.0. The first kappa shape index (κ1) is 12.9. The molecule has 0 spiro atoms. The molecule has 2 heteroatoms. The van der Waals surface area contributed by atoms with E-state index in [0.29, 0.717) is 12.5 Å². The van der Waals surface area contributed by atoms with E-state index in [2.05, 4.69) is 20.4 Å². The molecule has 2 nitrogen and oxygen atoms in total. The zero-order valence-corrected chi connectivity index (χ0v) is 10.1. The van der Waals surface area contributed by atoms with E-state index in [1.807, 2.05) is 36.4 Å². The smallest absolute Gasteiger partial charge is 0.0556 e. The number of hydroxylamine groups is 2. The lowest BCUT2D eigenvalue weighted by atomic mass is 9.98. The van der Waals surface area contributed by atoms with Gasteiger partial charge < -0.3 is 5.21 Å². The minimum absolute atomic E-state index is 0.0187. The number of hydrogen-bond acceptors (Lipinski definition) is 2. The molecule has 0 saturated carbocycles. The van der Waals surface area contributed by atoms with Crippen LogP contribution >= 0.6 is 0 Å². The quantitative estimate of drug-likeness (QED) is 0.585. The van der Waals surface area contributed by atoms with Crippen LogP contribution in [-0.2, 0) is 6.54 Å². The monoisotopic (exact) mass is 219 g/mol. The molecule has 0 heterocycles. The Morgan fingerprint density at radius 2 is 2.00 bits per heavy atom. The SMILES string of the molecule is C=CC(C(C)CC)N(O)Cc1ccccc1. The van der Waals surface area contributed by atoms with Crippen molar-refractivity contribution in [2.45, 2.75) is 32.9 Å². The highest BCUT2D eigenvalue weighted by atomic mass is 16.5. The number of hydrogen-bond donors (Lipinski definition) is 1. The van der Waals surface area contributed by atoms with Crippen molar-refractivity contribution in [2.24, 2.45) is 5.92 Å². The number of rotatable bonds is 6. The second-order valence-electron chi connectivity index (χ2n) is 4.20. The highest BCUT2D eigenvalue weighted by Gasteiger charge is 2.18. The first-order valence-electron chi connectivity index (χ1n) is 5.81. The fourth-order valence-corrected chi connectivity index (χ4v) is 1.77. The molecule has 2 atom stereocenters. The Labute approximate surface area is 98.2 Å². The lowest BCUT2D eigenvalue weighted by molar-refractivity contribution is -0.134. The molecule has 2 unspecified atom stereocenters. The van der Waals surface area contributed by atoms with Crippen LogP contribution in [0.2, 0.25) is 0 Å². The van der Waals surface area contributed by atoms with Gasteiger partial charge in [-0.15, -0.1) is 6.58 Å². The Balaban J connectivity index is 2.63. The van der Waals surface area contributed by atoms with Crippen molar-refractivity contribution < 1.29 is 5.21 Å². The summed E-state index contributed by atoms with van der Waals surface area (Å²) in [5.41, 5.74) is 1.11. The average molecular weight is 219 g/mol. The molecule has 0 fully saturated rings. The molecule has 88 valence electrons. The van der Waals surface area contributed by atoms with E-state index in [4.69, 9.17) is 0 Å². The van der Waals surface area contributed by atoms with Gasteiger partial charge in [-0.25, -0.2) is 0 Å². The van der Waals surface area contributed by atoms with Gasteiger partial charge in [-0.05, 0) is 11.5 Å². The van der Waals surface area contributed by atoms with Crippen molar-refractivity contribution in [3.8, 4) is 0 Å². The largest absolute Gasteiger partial charge is 0.313 e. The lowest BCUT2D eigenvalue weighted by Crippen LogP contribution is -2.35. The first-order chi connectivity index (χ1) is 7.69. The third kappa shape index (κ3) is 3.47. The summed E-state index contributed by atoms with van der Waals surface area (Å²) in [6.45, 7) is 8.58. The molecule has 0 radical (unpaired) electrons. The maximum Gasteiger partial charge on any atom is 0.0556 e. The molecule has 0 aromatic heterocycles. The van der Waals surface area contributed by atoms with Gasteiger partial charge in [0, 0.05) is 6.54 Å². The third-order valence-corrected chi connectivity index (χ3v) is 3.00. The second-order valence-corrected chi connectivity index (χ2v) is 4.20. The zero-order chi connectivity index (χ0) is 12.0. The fraction of sp³-hybridized carbons (Fsp3) is 0.429. The first-order valence-corrected chi connectivity index (χ1v) is 5.81. The van der Waals surface area contributed by atoms with Gasteiger partial charge in [-0.1, -0.05) is 56.7 Å². The predicted octanol–water partition coefficient (Wildman–Crippen LogP) is 3.48. The van der Waals surface area contributed by atoms with Crippen molar-refractivity contribution >= 4 is 0 Å². The molecule has 0 amide bonds. The van der Waals surface area contributed by atoms with Crippen molar-refractivity contribution in [1.82, 2.24) is 5.06 Å². The predicted molar refractivity (Wildman–Crippen MR) is 67.2 cm³/mol. The molecule has 0 aliphatic rings. The van der Waals surface area contributed by atoms with E-state index in [1.165, 1.54) is 5.06 Å². The highest BCUT2D eigenvalue weighted by molar-refractivity contribution is 5.14. The lowest BCUT2D eigenvalue weighted by Gasteiger charge is -2.27. The van der Waals surface area contributed by atoms with Crippen molar-refractivity contribution in [2.75, 3.05) is 0 Å². The van der Waals surface area contributed by atoms with Gasteiger partial charge in [0.05, 0.1) is 6.04 Å². The third-order valence-electron chi connectivity index (χ3n) is 3.00. The normalized spacial score (nSPS) is 14.8. The van der Waals surface area contributed by atoms with Crippen LogP contribution in [0.5, 0.6) is 0 Å². The topological polar surface area (TPSA) is 23.5 Å². The summed E-state index contributed by atoms with van der Waals surface area (Å²) in [6, 6.07) is 9.99. The van der Waals surface area contributed by atoms with Crippen LogP contribution in [-0.4, -0.2) is 16.3 Å². The van der Waals surface area contributed by atoms with E-state index >= 15 is 0 Å². The minimum Gasteiger partial charge on any atom is -0.313 e. The molecule has 0 aliphatic carbocycles. The number of benzene rings is 1. The van der Waals surface area contributed by atoms with Crippen LogP contribution < -0.4 is 0 Å². The molecule has 1 aromatic rings. The molecular weight excluding hydrogens is 198 g/mol. The van der Waals surface area contributed by atoms with E-state index in [1.54, 1.807) is 0 Å². The number of nitrogens with zero attached hydrogens (tertiary/aromatic N) is 1. The van der Waals surface area contributed by atoms with Gasteiger partial charge in [0.2, 0.25) is 0 Å². The summed E-state index contributed by atoms with van der Waals surface area (Å²) in [5, 5.41) is 11.4. The van der Waals surface area contributed by atoms with Crippen LogP contribution in [0.3, 0.4) is 0 Å². The van der Waals surface area contributed by atoms with Gasteiger partial charge >= 0.3 is 0 Å². The summed E-state index contributed by atoms with van der Waals surface area (Å²) in [5.74, 6) is 0.409. The molecule has 0 aliphatic heterocycles. The van der Waals surface area contributed by atoms with Crippen LogP contribution in [0.25, 0.3) is 0 Å². The van der Waals surface area contributed by atoms with Crippen LogP contribution in [0.15, 0.2) is 43.0 Å². The summed E-state index contributed by atoms with van der Waals surface area (Å²) in [4.78, 5) is 0. The van der Waals surface area contributed by atoms with E-state index in [-0.39, 0.29) is 6.04 Å². The van der Waals surface area contributed by atoms with Crippen molar-refractivity contribution in [1.29, 1.82) is 0 Å². The van der Waals surface area contributed by atoms with Crippen LogP contribution in [0.4, 0.5) is 0 Å². The van der Waals surface area contributed by atoms with Gasteiger partial charge in [0.1, 0.15) is 0 Å². The molecule has 1 rings (SSSR count). The summed E-state index contributed by atoms with van der Waals surface area (Å²) >= 11 is 0. The van der Waals surface area contributed by atoms with E-state index < -0.39 is 0 Å². The van der Waals surface area contributed by atoms with Gasteiger partial charge in [0.15, 0.2) is 0 Å². The molecule has 1 aromatic carbocycles. The average Bonchev–Trinajstić information content (AvgIpc) is 2.31. The Bertz CT molecular complexity index is 310. The zero-order valence-electron chi connectivity index (χ0n) is 10.1. The molecule has 0 bridgehead atoms. The van der Waals surface area contributed by atoms with E-state index in [0.717, 1.165) is 12.0 Å². The molecule has 0 saturated heterocycles. The Morgan fingerprint density at radius 1 is 1.38 bits per heavy atom. The minimum atomic E-state index is 0.0187. The summed E-state index contributed by atoms with van der Waals surface area (Å²) in [7, 11) is 0. The molecule has 1 N–H and O–H groups in total. The fourth-order valence-electron chi connectivity index (χ4n) is 1.77. The second kappa shape index (κ2) is 6.46. The highest BCUT2D eigenvalue weighted by Crippen LogP contribution is 2.16. The molecule has 16 heavy (non-hydrogen) atoms. The van der Waals surface area contributed by atoms with E-state index in [9.17, 15) is 5.21 Å². The van der Waals surface area contributed by atoms with Crippen molar-refractivity contribution in [3.63, 3.8) is 0 Å². The van der Waals surface area contributed by atoms with Crippen LogP contribution in [0, 0.1) is 5.92 Å². The Morgan fingerprint density at radius 3 is 2.50 bits per heavy atom. The van der Waals surface area contributed by atoms with Gasteiger partial charge in [0.25, 0.3) is 0 Å². The van der Waals surface area contributed by atoms with Crippen molar-refractivity contribution in [3.05, 3.63) is 48.6 Å². The van der Waals surface area contributed by atoms with Gasteiger partial charge in [-0.3, -0.25) is 0 Å².